The number of hydrogen-bond donors (Lipinski definition) is 0. The number of nitrogens with zero attached hydrogens (tertiary/aromatic N) is 4. The summed E-state index contributed by atoms with van der Waals surface area (Å²) in [7, 11) is -3.60. The fourth-order valence-corrected chi connectivity index (χ4v) is 6.41. The summed E-state index contributed by atoms with van der Waals surface area (Å²) in [5.74, 6) is 0.266. The van der Waals surface area contributed by atoms with Gasteiger partial charge in [0.1, 0.15) is 5.51 Å². The molecule has 0 radical (unpaired) electrons. The second kappa shape index (κ2) is 9.21. The van der Waals surface area contributed by atoms with E-state index in [-0.39, 0.29) is 16.4 Å². The third kappa shape index (κ3) is 4.60. The molecule has 0 saturated carbocycles. The van der Waals surface area contributed by atoms with Gasteiger partial charge in [0.2, 0.25) is 10.0 Å². The molecular formula is C20H22N4O4S3. The highest BCUT2D eigenvalue weighted by Crippen LogP contribution is 2.27. The lowest BCUT2D eigenvalue weighted by molar-refractivity contribution is 0.0730. The third-order valence-corrected chi connectivity index (χ3v) is 8.84. The Bertz CT molecular complexity index is 1180. The van der Waals surface area contributed by atoms with Gasteiger partial charge in [-0.05, 0) is 38.1 Å². The average Bonchev–Trinajstić information content (AvgIpc) is 3.40. The first-order valence-electron chi connectivity index (χ1n) is 9.67. The lowest BCUT2D eigenvalue weighted by atomic mass is 10.2. The normalized spacial score (nSPS) is 15.3. The zero-order chi connectivity index (χ0) is 22.0. The minimum Gasteiger partial charge on any atom is -0.379 e. The molecule has 11 heteroatoms. The number of carbonyl (C=O) groups is 1. The summed E-state index contributed by atoms with van der Waals surface area (Å²) < 4.78 is 35.5. The number of morpholine rings is 1. The molecule has 0 atom stereocenters. The molecule has 8 nitrogen and oxygen atoms in total. The van der Waals surface area contributed by atoms with Gasteiger partial charge in [0.25, 0.3) is 0 Å². The lowest BCUT2D eigenvalue weighted by Gasteiger charge is -2.26. The van der Waals surface area contributed by atoms with E-state index in [4.69, 9.17) is 4.74 Å². The molecule has 0 amide bonds. The quantitative estimate of drug-likeness (QED) is 0.381. The number of rotatable bonds is 7. The fraction of sp³-hybridized carbons (Fsp3) is 0.350. The number of aromatic nitrogens is 3. The second-order valence-corrected chi connectivity index (χ2v) is 11.0. The number of carbonyl (C=O) groups excluding carboxylic acids is 1. The van der Waals surface area contributed by atoms with Crippen molar-refractivity contribution in [2.24, 2.45) is 0 Å². The van der Waals surface area contributed by atoms with Crippen LogP contribution in [-0.2, 0) is 14.8 Å². The Morgan fingerprint density at radius 2 is 2.00 bits per heavy atom. The van der Waals surface area contributed by atoms with E-state index in [1.165, 1.54) is 27.4 Å². The number of benzene rings is 1. The molecule has 2 aromatic heterocycles. The summed E-state index contributed by atoms with van der Waals surface area (Å²) in [6, 6.07) is 8.70. The Labute approximate surface area is 189 Å². The van der Waals surface area contributed by atoms with Crippen LogP contribution in [0, 0.1) is 13.8 Å². The smallest absolute Gasteiger partial charge is 0.243 e. The number of ketones is 1. The van der Waals surface area contributed by atoms with Gasteiger partial charge < -0.3 is 9.30 Å². The van der Waals surface area contributed by atoms with Crippen LogP contribution in [-0.4, -0.2) is 65.3 Å². The summed E-state index contributed by atoms with van der Waals surface area (Å²) >= 11 is 2.76. The number of ether oxygens (including phenoxy) is 1. The molecule has 3 heterocycles. The molecule has 1 aliphatic heterocycles. The average molecular weight is 479 g/mol. The summed E-state index contributed by atoms with van der Waals surface area (Å²) in [5, 5.41) is 7.73. The third-order valence-electron chi connectivity index (χ3n) is 5.08. The molecule has 4 rings (SSSR count). The molecule has 1 aromatic carbocycles. The first-order chi connectivity index (χ1) is 14.9. The first-order valence-corrected chi connectivity index (χ1v) is 13.0. The van der Waals surface area contributed by atoms with Crippen molar-refractivity contribution in [2.45, 2.75) is 23.1 Å². The minimum atomic E-state index is -3.60. The molecule has 31 heavy (non-hydrogen) atoms. The van der Waals surface area contributed by atoms with Crippen LogP contribution in [0.2, 0.25) is 0 Å². The number of sulfonamides is 1. The molecule has 1 fully saturated rings. The molecule has 1 saturated heterocycles. The number of thioether (sulfide) groups is 1. The van der Waals surface area contributed by atoms with Crippen LogP contribution in [0.1, 0.15) is 21.7 Å². The standard InChI is InChI=1S/C20H22N4O4S3/c1-14-10-18(19(25)12-29-20-22-21-13-30-20)15(2)24(14)16-4-3-5-17(11-16)31(26,27)23-6-8-28-9-7-23/h3-5,10-11,13H,6-9,12H2,1-2H3. The van der Waals surface area contributed by atoms with E-state index in [0.717, 1.165) is 15.7 Å². The van der Waals surface area contributed by atoms with E-state index >= 15 is 0 Å². The molecule has 0 bridgehead atoms. The topological polar surface area (TPSA) is 94.4 Å². The molecule has 0 aliphatic carbocycles. The highest BCUT2D eigenvalue weighted by molar-refractivity contribution is 8.01. The predicted molar refractivity (Wildman–Crippen MR) is 120 cm³/mol. The van der Waals surface area contributed by atoms with Crippen molar-refractivity contribution in [3.05, 3.63) is 52.8 Å². The van der Waals surface area contributed by atoms with E-state index in [1.807, 2.05) is 30.5 Å². The van der Waals surface area contributed by atoms with E-state index < -0.39 is 10.0 Å². The van der Waals surface area contributed by atoms with Crippen LogP contribution in [0.25, 0.3) is 5.69 Å². The lowest BCUT2D eigenvalue weighted by Crippen LogP contribution is -2.40. The van der Waals surface area contributed by atoms with Crippen LogP contribution in [0.15, 0.2) is 45.1 Å². The zero-order valence-corrected chi connectivity index (χ0v) is 19.6. The number of aryl methyl sites for hydroxylation is 1. The van der Waals surface area contributed by atoms with Crippen LogP contribution in [0.3, 0.4) is 0 Å². The van der Waals surface area contributed by atoms with Crippen molar-refractivity contribution < 1.29 is 17.9 Å². The van der Waals surface area contributed by atoms with Crippen molar-refractivity contribution in [1.82, 2.24) is 19.1 Å². The molecule has 0 N–H and O–H groups in total. The maximum atomic E-state index is 13.0. The van der Waals surface area contributed by atoms with Gasteiger partial charge in [0.05, 0.1) is 23.9 Å². The van der Waals surface area contributed by atoms with E-state index in [1.54, 1.807) is 23.7 Å². The van der Waals surface area contributed by atoms with Crippen LogP contribution in [0.5, 0.6) is 0 Å². The van der Waals surface area contributed by atoms with Gasteiger partial charge in [-0.3, -0.25) is 4.79 Å². The van der Waals surface area contributed by atoms with Crippen molar-refractivity contribution in [1.29, 1.82) is 0 Å². The van der Waals surface area contributed by atoms with E-state index in [0.29, 0.717) is 37.6 Å². The molecule has 1 aliphatic rings. The summed E-state index contributed by atoms with van der Waals surface area (Å²) in [4.78, 5) is 13.0. The maximum Gasteiger partial charge on any atom is 0.243 e. The largest absolute Gasteiger partial charge is 0.379 e. The van der Waals surface area contributed by atoms with Crippen LogP contribution >= 0.6 is 23.1 Å². The van der Waals surface area contributed by atoms with Gasteiger partial charge in [-0.2, -0.15) is 4.31 Å². The van der Waals surface area contributed by atoms with Gasteiger partial charge in [0, 0.05) is 35.7 Å². The van der Waals surface area contributed by atoms with Gasteiger partial charge in [-0.25, -0.2) is 8.42 Å². The molecule has 164 valence electrons. The number of hydrogen-bond acceptors (Lipinski definition) is 8. The monoisotopic (exact) mass is 478 g/mol. The van der Waals surface area contributed by atoms with Gasteiger partial charge in [0.15, 0.2) is 10.1 Å². The van der Waals surface area contributed by atoms with Gasteiger partial charge in [-0.15, -0.1) is 10.2 Å². The summed E-state index contributed by atoms with van der Waals surface area (Å²) in [6.07, 6.45) is 0. The maximum absolute atomic E-state index is 13.0. The minimum absolute atomic E-state index is 0.00311. The van der Waals surface area contributed by atoms with Crippen LogP contribution < -0.4 is 0 Å². The zero-order valence-electron chi connectivity index (χ0n) is 17.1. The molecule has 0 unspecified atom stereocenters. The highest BCUT2D eigenvalue weighted by atomic mass is 32.2. The van der Waals surface area contributed by atoms with Crippen molar-refractivity contribution in [2.75, 3.05) is 32.1 Å². The Kier molecular flexibility index (Phi) is 6.58. The van der Waals surface area contributed by atoms with E-state index in [2.05, 4.69) is 10.2 Å². The first kappa shape index (κ1) is 22.2. The van der Waals surface area contributed by atoms with Gasteiger partial charge >= 0.3 is 0 Å². The molecule has 0 spiro atoms. The predicted octanol–water partition coefficient (Wildman–Crippen LogP) is 2.94. The SMILES string of the molecule is Cc1cc(C(=O)CSc2nncs2)c(C)n1-c1cccc(S(=O)(=O)N2CCOCC2)c1. The Morgan fingerprint density at radius 3 is 2.71 bits per heavy atom. The number of Topliss-reactive ketones (excluding diaryl/α,β-unsaturated/α-hetero) is 1. The Morgan fingerprint density at radius 1 is 1.23 bits per heavy atom. The summed E-state index contributed by atoms with van der Waals surface area (Å²) in [5.41, 5.74) is 4.61. The fourth-order valence-electron chi connectivity index (χ4n) is 3.59. The summed E-state index contributed by atoms with van der Waals surface area (Å²) in [6.45, 7) is 5.27. The Hall–Kier alpha value is -2.05. The Balaban J connectivity index is 1.61. The second-order valence-electron chi connectivity index (χ2n) is 7.05. The molecule has 3 aromatic rings. The van der Waals surface area contributed by atoms with Gasteiger partial charge in [-0.1, -0.05) is 29.2 Å². The van der Waals surface area contributed by atoms with Crippen molar-refractivity contribution in [3.63, 3.8) is 0 Å². The van der Waals surface area contributed by atoms with Crippen LogP contribution in [0.4, 0.5) is 0 Å². The highest BCUT2D eigenvalue weighted by Gasteiger charge is 2.27. The van der Waals surface area contributed by atoms with E-state index in [9.17, 15) is 13.2 Å². The van der Waals surface area contributed by atoms with Crippen molar-refractivity contribution in [3.8, 4) is 5.69 Å². The van der Waals surface area contributed by atoms with Crippen molar-refractivity contribution >= 4 is 38.9 Å². The molecular weight excluding hydrogens is 456 g/mol.